The maximum Gasteiger partial charge on any atom is 0.327 e. The van der Waals surface area contributed by atoms with Gasteiger partial charge in [0.15, 0.2) is 0 Å². The molecule has 1 aliphatic rings. The quantitative estimate of drug-likeness (QED) is 0.592. The summed E-state index contributed by atoms with van der Waals surface area (Å²) in [6.45, 7) is -0.426. The number of nitrogens with zero attached hydrogens (tertiary/aromatic N) is 2. The molecule has 0 atom stereocenters. The average molecular weight is 450 g/mol. The van der Waals surface area contributed by atoms with Crippen molar-refractivity contribution in [3.8, 4) is 11.5 Å². The molecule has 0 unspecified atom stereocenters. The van der Waals surface area contributed by atoms with Gasteiger partial charge in [-0.3, -0.25) is 14.5 Å². The number of amides is 4. The van der Waals surface area contributed by atoms with E-state index in [0.717, 1.165) is 4.90 Å². The van der Waals surface area contributed by atoms with Crippen LogP contribution in [0.25, 0.3) is 0 Å². The van der Waals surface area contributed by atoms with Gasteiger partial charge in [-0.05, 0) is 48.4 Å². The van der Waals surface area contributed by atoms with Crippen LogP contribution >= 0.6 is 11.6 Å². The highest BCUT2D eigenvalue weighted by molar-refractivity contribution is 6.31. The van der Waals surface area contributed by atoms with Gasteiger partial charge in [0, 0.05) is 12.1 Å². The Morgan fingerprint density at radius 2 is 1.87 bits per heavy atom. The Kier molecular flexibility index (Phi) is 6.96. The van der Waals surface area contributed by atoms with Gasteiger partial charge < -0.3 is 20.1 Å². The Bertz CT molecular complexity index is 999. The van der Waals surface area contributed by atoms with E-state index >= 15 is 0 Å². The predicted octanol–water partition coefficient (Wildman–Crippen LogP) is 2.36. The van der Waals surface area contributed by atoms with E-state index < -0.39 is 30.2 Å². The van der Waals surface area contributed by atoms with Crippen LogP contribution in [0, 0.1) is 5.82 Å². The molecule has 2 aromatic rings. The number of rotatable bonds is 9. The lowest BCUT2D eigenvalue weighted by molar-refractivity contribution is -0.129. The first kappa shape index (κ1) is 22.4. The Morgan fingerprint density at radius 3 is 2.52 bits per heavy atom. The van der Waals surface area contributed by atoms with Crippen LogP contribution in [0.15, 0.2) is 36.4 Å². The second-order valence-corrected chi connectivity index (χ2v) is 7.30. The molecule has 0 bridgehead atoms. The van der Waals surface area contributed by atoms with Gasteiger partial charge in [-0.1, -0.05) is 11.6 Å². The first-order chi connectivity index (χ1) is 14.8. The van der Waals surface area contributed by atoms with Crippen molar-refractivity contribution in [3.63, 3.8) is 0 Å². The van der Waals surface area contributed by atoms with Crippen molar-refractivity contribution < 1.29 is 28.2 Å². The van der Waals surface area contributed by atoms with Gasteiger partial charge in [0.1, 0.15) is 37.0 Å². The Hall–Kier alpha value is -3.33. The van der Waals surface area contributed by atoms with Crippen LogP contribution in [-0.4, -0.2) is 54.4 Å². The third-order valence-electron chi connectivity index (χ3n) is 4.79. The summed E-state index contributed by atoms with van der Waals surface area (Å²) in [5.74, 6) is -0.549. The summed E-state index contributed by atoms with van der Waals surface area (Å²) >= 11 is 6.24. The maximum absolute atomic E-state index is 14.0. The minimum absolute atomic E-state index is 0.0848. The molecular formula is C21H21ClFN3O5. The van der Waals surface area contributed by atoms with Gasteiger partial charge in [-0.15, -0.1) is 0 Å². The van der Waals surface area contributed by atoms with E-state index in [1.54, 1.807) is 31.4 Å². The lowest BCUT2D eigenvalue weighted by Crippen LogP contribution is -2.39. The molecule has 31 heavy (non-hydrogen) atoms. The van der Waals surface area contributed by atoms with Crippen LogP contribution in [0.1, 0.15) is 11.1 Å². The number of ether oxygens (including phenoxy) is 2. The van der Waals surface area contributed by atoms with E-state index in [-0.39, 0.29) is 31.1 Å². The van der Waals surface area contributed by atoms with E-state index in [0.29, 0.717) is 22.6 Å². The zero-order valence-corrected chi connectivity index (χ0v) is 17.5. The Labute approximate surface area is 183 Å². The van der Waals surface area contributed by atoms with E-state index in [9.17, 15) is 18.8 Å². The normalized spacial score (nSPS) is 13.6. The van der Waals surface area contributed by atoms with Gasteiger partial charge in [0.05, 0.1) is 12.1 Å². The highest BCUT2D eigenvalue weighted by Crippen LogP contribution is 2.26. The SMILES string of the molecule is COc1ccc(OCc2c(Cl)cc(F)cc2CCN2CC(=O)N(CC(N)=O)C2=O)cc1. The predicted molar refractivity (Wildman–Crippen MR) is 110 cm³/mol. The van der Waals surface area contributed by atoms with E-state index in [2.05, 4.69) is 0 Å². The van der Waals surface area contributed by atoms with Gasteiger partial charge in [0.25, 0.3) is 5.91 Å². The number of carbonyl (C=O) groups is 3. The first-order valence-electron chi connectivity index (χ1n) is 9.39. The lowest BCUT2D eigenvalue weighted by atomic mass is 10.0. The molecule has 0 spiro atoms. The Balaban J connectivity index is 1.70. The summed E-state index contributed by atoms with van der Waals surface area (Å²) in [5, 5.41) is 0.197. The number of nitrogens with two attached hydrogens (primary N) is 1. The fraction of sp³-hybridized carbons (Fsp3) is 0.286. The minimum Gasteiger partial charge on any atom is -0.497 e. The molecular weight excluding hydrogens is 429 g/mol. The van der Waals surface area contributed by atoms with Crippen LogP contribution in [0.2, 0.25) is 5.02 Å². The van der Waals surface area contributed by atoms with E-state index in [4.69, 9.17) is 26.8 Å². The standard InChI is InChI=1S/C21H21ClFN3O5/c1-30-15-2-4-16(5-3-15)31-12-17-13(8-14(23)9-18(17)22)6-7-25-11-20(28)26(21(25)29)10-19(24)27/h2-5,8-9H,6-7,10-12H2,1H3,(H2,24,27). The van der Waals surface area contributed by atoms with Crippen molar-refractivity contribution in [2.75, 3.05) is 26.7 Å². The van der Waals surface area contributed by atoms with Crippen molar-refractivity contribution in [2.24, 2.45) is 5.73 Å². The number of halogens is 2. The number of benzene rings is 2. The zero-order valence-electron chi connectivity index (χ0n) is 16.8. The van der Waals surface area contributed by atoms with Gasteiger partial charge >= 0.3 is 6.03 Å². The molecule has 0 aromatic heterocycles. The summed E-state index contributed by atoms with van der Waals surface area (Å²) in [7, 11) is 1.56. The molecule has 10 heteroatoms. The van der Waals surface area contributed by atoms with Crippen LogP contribution < -0.4 is 15.2 Å². The smallest absolute Gasteiger partial charge is 0.327 e. The van der Waals surface area contributed by atoms with Crippen LogP contribution in [0.3, 0.4) is 0 Å². The van der Waals surface area contributed by atoms with Crippen molar-refractivity contribution >= 4 is 29.4 Å². The van der Waals surface area contributed by atoms with Crippen molar-refractivity contribution in [3.05, 3.63) is 58.4 Å². The topological polar surface area (TPSA) is 102 Å². The summed E-state index contributed by atoms with van der Waals surface area (Å²) in [6, 6.07) is 8.86. The molecule has 0 saturated carbocycles. The number of urea groups is 1. The fourth-order valence-electron chi connectivity index (χ4n) is 3.20. The zero-order chi connectivity index (χ0) is 22.5. The van der Waals surface area contributed by atoms with Crippen molar-refractivity contribution in [2.45, 2.75) is 13.0 Å². The first-order valence-corrected chi connectivity index (χ1v) is 9.77. The van der Waals surface area contributed by atoms with Crippen LogP contribution in [0.5, 0.6) is 11.5 Å². The number of carbonyl (C=O) groups excluding carboxylic acids is 3. The maximum atomic E-state index is 14.0. The number of primary amides is 1. The Morgan fingerprint density at radius 1 is 1.19 bits per heavy atom. The molecule has 1 saturated heterocycles. The van der Waals surface area contributed by atoms with Crippen LogP contribution in [0.4, 0.5) is 9.18 Å². The monoisotopic (exact) mass is 449 g/mol. The molecule has 2 N–H and O–H groups in total. The number of methoxy groups -OCH3 is 1. The second kappa shape index (κ2) is 9.65. The van der Waals surface area contributed by atoms with Crippen molar-refractivity contribution in [1.29, 1.82) is 0 Å². The molecule has 8 nitrogen and oxygen atoms in total. The molecule has 0 aliphatic carbocycles. The van der Waals surface area contributed by atoms with Gasteiger partial charge in [0.2, 0.25) is 5.91 Å². The lowest BCUT2D eigenvalue weighted by Gasteiger charge is -2.18. The van der Waals surface area contributed by atoms with E-state index in [1.807, 2.05) is 0 Å². The third-order valence-corrected chi connectivity index (χ3v) is 5.13. The molecule has 1 aliphatic heterocycles. The summed E-state index contributed by atoms with van der Waals surface area (Å²) in [6.07, 6.45) is 0.238. The average Bonchev–Trinajstić information content (AvgIpc) is 2.99. The molecule has 164 valence electrons. The fourth-order valence-corrected chi connectivity index (χ4v) is 3.48. The molecule has 0 radical (unpaired) electrons. The minimum atomic E-state index is -0.779. The highest BCUT2D eigenvalue weighted by atomic mass is 35.5. The van der Waals surface area contributed by atoms with Gasteiger partial charge in [-0.2, -0.15) is 0 Å². The summed E-state index contributed by atoms with van der Waals surface area (Å²) < 4.78 is 24.8. The molecule has 1 fully saturated rings. The van der Waals surface area contributed by atoms with Gasteiger partial charge in [-0.25, -0.2) is 9.18 Å². The molecule has 3 rings (SSSR count). The largest absolute Gasteiger partial charge is 0.497 e. The van der Waals surface area contributed by atoms with E-state index in [1.165, 1.54) is 17.0 Å². The third kappa shape index (κ3) is 5.43. The molecule has 2 aromatic carbocycles. The summed E-state index contributed by atoms with van der Waals surface area (Å²) in [4.78, 5) is 37.4. The van der Waals surface area contributed by atoms with Crippen molar-refractivity contribution in [1.82, 2.24) is 9.80 Å². The number of hydrogen-bond acceptors (Lipinski definition) is 5. The highest BCUT2D eigenvalue weighted by Gasteiger charge is 2.36. The second-order valence-electron chi connectivity index (χ2n) is 6.89. The number of hydrogen-bond donors (Lipinski definition) is 1. The van der Waals surface area contributed by atoms with Crippen LogP contribution in [-0.2, 0) is 22.6 Å². The summed E-state index contributed by atoms with van der Waals surface area (Å²) in [5.41, 5.74) is 6.20. The number of imide groups is 1. The molecule has 1 heterocycles. The molecule has 4 amide bonds.